The quantitative estimate of drug-likeness (QED) is 0.325. The monoisotopic (exact) mass is 592 g/mol. The molecule has 1 aliphatic carbocycles. The second-order valence-electron chi connectivity index (χ2n) is 10.9. The first-order chi connectivity index (χ1) is 20.1. The van der Waals surface area contributed by atoms with Gasteiger partial charge in [0.05, 0.1) is 23.8 Å². The molecule has 1 aromatic heterocycles. The molecule has 0 spiro atoms. The van der Waals surface area contributed by atoms with E-state index >= 15 is 0 Å². The molecular weight excluding hydrogens is 559 g/mol. The zero-order valence-electron chi connectivity index (χ0n) is 23.4. The predicted octanol–water partition coefficient (Wildman–Crippen LogP) is 4.92. The Bertz CT molecular complexity index is 1470. The Labute approximate surface area is 247 Å². The van der Waals surface area contributed by atoms with Gasteiger partial charge in [-0.05, 0) is 80.6 Å². The maximum absolute atomic E-state index is 13.5. The summed E-state index contributed by atoms with van der Waals surface area (Å²) in [5.74, 6) is -2.16. The fraction of sp³-hybridized carbons (Fsp3) is 0.355. The van der Waals surface area contributed by atoms with Crippen molar-refractivity contribution in [2.75, 3.05) is 23.3 Å². The third-order valence-corrected chi connectivity index (χ3v) is 8.68. The van der Waals surface area contributed by atoms with Crippen LogP contribution in [-0.2, 0) is 9.59 Å². The molecule has 3 amide bonds. The average molecular weight is 593 g/mol. The van der Waals surface area contributed by atoms with Gasteiger partial charge in [-0.1, -0.05) is 6.07 Å². The molecule has 0 radical (unpaired) electrons. The predicted molar refractivity (Wildman–Crippen MR) is 158 cm³/mol. The van der Waals surface area contributed by atoms with Crippen molar-refractivity contribution >= 4 is 46.4 Å². The van der Waals surface area contributed by atoms with Crippen molar-refractivity contribution < 1.29 is 28.7 Å². The summed E-state index contributed by atoms with van der Waals surface area (Å²) in [7, 11) is 0. The molecule has 2 heterocycles. The molecule has 1 aliphatic heterocycles. The number of nitrogens with zero attached hydrogens (tertiary/aromatic N) is 2. The van der Waals surface area contributed by atoms with Gasteiger partial charge >= 0.3 is 5.97 Å². The Morgan fingerprint density at radius 3 is 2.33 bits per heavy atom. The van der Waals surface area contributed by atoms with Gasteiger partial charge in [0, 0.05) is 47.1 Å². The lowest BCUT2D eigenvalue weighted by Gasteiger charge is -2.46. The number of nitrogens with one attached hydrogen (secondary N) is 2. The smallest absolute Gasteiger partial charge is 0.305 e. The molecule has 0 bridgehead atoms. The van der Waals surface area contributed by atoms with Crippen LogP contribution in [0.4, 0.5) is 15.8 Å². The molecule has 2 aromatic carbocycles. The van der Waals surface area contributed by atoms with E-state index in [0.717, 1.165) is 12.8 Å². The molecule has 5 rings (SSSR count). The lowest BCUT2D eigenvalue weighted by atomic mass is 10.0. The number of aliphatic carboxylic acids is 1. The first-order valence-corrected chi connectivity index (χ1v) is 14.8. The van der Waals surface area contributed by atoms with E-state index in [1.807, 2.05) is 24.1 Å². The van der Waals surface area contributed by atoms with Crippen LogP contribution in [0.5, 0.6) is 0 Å². The van der Waals surface area contributed by atoms with Gasteiger partial charge in [-0.15, -0.1) is 11.3 Å². The molecule has 2 aliphatic rings. The molecule has 3 aromatic rings. The van der Waals surface area contributed by atoms with Crippen molar-refractivity contribution in [3.63, 3.8) is 0 Å². The molecule has 3 unspecified atom stereocenters. The maximum atomic E-state index is 13.5. The number of hydrogen-bond donors (Lipinski definition) is 3. The Hall–Kier alpha value is -4.25. The fourth-order valence-corrected chi connectivity index (χ4v) is 6.06. The number of rotatable bonds is 9. The van der Waals surface area contributed by atoms with Crippen LogP contribution in [0.3, 0.4) is 0 Å². The van der Waals surface area contributed by atoms with Crippen molar-refractivity contribution in [3.05, 3.63) is 81.8 Å². The number of carbonyl (C=O) groups is 4. The summed E-state index contributed by atoms with van der Waals surface area (Å²) in [6, 6.07) is 12.9. The average Bonchev–Trinajstić information content (AvgIpc) is 3.66. The van der Waals surface area contributed by atoms with Crippen LogP contribution in [0.2, 0.25) is 0 Å². The lowest BCUT2D eigenvalue weighted by molar-refractivity contribution is -0.137. The van der Waals surface area contributed by atoms with Crippen molar-refractivity contribution in [2.24, 2.45) is 5.92 Å². The summed E-state index contributed by atoms with van der Waals surface area (Å²) in [5, 5.41) is 16.9. The number of piperazine rings is 1. The minimum absolute atomic E-state index is 0.0551. The highest BCUT2D eigenvalue weighted by atomic mass is 32.1. The van der Waals surface area contributed by atoms with E-state index in [1.54, 1.807) is 30.3 Å². The van der Waals surface area contributed by atoms with Gasteiger partial charge in [0.15, 0.2) is 0 Å². The normalized spacial score (nSPS) is 19.2. The molecule has 11 heteroatoms. The fourth-order valence-electron chi connectivity index (χ4n) is 5.29. The van der Waals surface area contributed by atoms with E-state index in [9.17, 15) is 28.7 Å². The van der Waals surface area contributed by atoms with Crippen LogP contribution in [-0.4, -0.2) is 58.9 Å². The van der Waals surface area contributed by atoms with Crippen LogP contribution >= 0.6 is 11.3 Å². The SMILES string of the molecule is CC1CN(c2ccc(C(=O)NC(CC(=O)O)c3cccs3)cc2NC(=O)c2ccc(F)cc2)C(C)CN1C(=O)C1CC1. The molecular formula is C31H33FN4O5S. The van der Waals surface area contributed by atoms with Crippen LogP contribution < -0.4 is 15.5 Å². The van der Waals surface area contributed by atoms with Gasteiger partial charge in [-0.2, -0.15) is 0 Å². The minimum Gasteiger partial charge on any atom is -0.481 e. The number of anilines is 2. The highest BCUT2D eigenvalue weighted by Crippen LogP contribution is 2.36. The van der Waals surface area contributed by atoms with Crippen LogP contribution in [0.25, 0.3) is 0 Å². The van der Waals surface area contributed by atoms with Gasteiger partial charge in [-0.25, -0.2) is 4.39 Å². The zero-order valence-corrected chi connectivity index (χ0v) is 24.2. The van der Waals surface area contributed by atoms with Crippen LogP contribution in [0, 0.1) is 11.7 Å². The van der Waals surface area contributed by atoms with Crippen LogP contribution in [0.15, 0.2) is 60.0 Å². The third kappa shape index (κ3) is 6.62. The standard InChI is InChI=1S/C31H33FN4O5S/c1-18-17-36(31(41)21-5-6-21)19(2)16-35(18)26-12-9-22(14-24(26)33-29(39)20-7-10-23(32)11-8-20)30(40)34-25(15-28(37)38)27-4-3-13-42-27/h3-4,7-14,18-19,21,25H,5-6,15-17H2,1-2H3,(H,33,39)(H,34,40)(H,37,38). The van der Waals surface area contributed by atoms with E-state index < -0.39 is 29.6 Å². The summed E-state index contributed by atoms with van der Waals surface area (Å²) in [4.78, 5) is 55.7. The summed E-state index contributed by atoms with van der Waals surface area (Å²) >= 11 is 1.35. The number of halogens is 1. The highest BCUT2D eigenvalue weighted by Gasteiger charge is 2.39. The number of carboxylic acid groups (broad SMARTS) is 1. The molecule has 1 saturated carbocycles. The first-order valence-electron chi connectivity index (χ1n) is 13.9. The number of carbonyl (C=O) groups excluding carboxylic acids is 3. The molecule has 3 atom stereocenters. The summed E-state index contributed by atoms with van der Waals surface area (Å²) in [6.45, 7) is 5.08. The molecule has 220 valence electrons. The number of amides is 3. The third-order valence-electron chi connectivity index (χ3n) is 7.69. The van der Waals surface area contributed by atoms with Gasteiger partial charge in [0.1, 0.15) is 5.82 Å². The Kier molecular flexibility index (Phi) is 8.58. The van der Waals surface area contributed by atoms with E-state index in [0.29, 0.717) is 29.3 Å². The second kappa shape index (κ2) is 12.3. The van der Waals surface area contributed by atoms with E-state index in [4.69, 9.17) is 0 Å². The highest BCUT2D eigenvalue weighted by molar-refractivity contribution is 7.10. The zero-order chi connectivity index (χ0) is 30.0. The summed E-state index contributed by atoms with van der Waals surface area (Å²) < 4.78 is 13.5. The topological polar surface area (TPSA) is 119 Å². The first kappa shape index (κ1) is 29.2. The van der Waals surface area contributed by atoms with Crippen molar-refractivity contribution in [1.29, 1.82) is 0 Å². The number of benzene rings is 2. The van der Waals surface area contributed by atoms with E-state index in [2.05, 4.69) is 15.5 Å². The summed E-state index contributed by atoms with van der Waals surface area (Å²) in [5.41, 5.74) is 1.55. The molecule has 2 fully saturated rings. The van der Waals surface area contributed by atoms with Crippen molar-refractivity contribution in [3.8, 4) is 0 Å². The second-order valence-corrected chi connectivity index (χ2v) is 11.9. The number of hydrogen-bond acceptors (Lipinski definition) is 6. The number of carboxylic acids is 1. The maximum Gasteiger partial charge on any atom is 0.305 e. The Morgan fingerprint density at radius 1 is 0.976 bits per heavy atom. The van der Waals surface area contributed by atoms with Crippen LogP contribution in [0.1, 0.15) is 64.7 Å². The van der Waals surface area contributed by atoms with Gasteiger partial charge in [-0.3, -0.25) is 19.2 Å². The Balaban J connectivity index is 1.43. The van der Waals surface area contributed by atoms with Crippen molar-refractivity contribution in [2.45, 2.75) is 51.2 Å². The van der Waals surface area contributed by atoms with Gasteiger partial charge in [0.2, 0.25) is 5.91 Å². The minimum atomic E-state index is -1.04. The summed E-state index contributed by atoms with van der Waals surface area (Å²) in [6.07, 6.45) is 1.59. The number of thiophene rings is 1. The van der Waals surface area contributed by atoms with Crippen molar-refractivity contribution in [1.82, 2.24) is 10.2 Å². The van der Waals surface area contributed by atoms with E-state index in [-0.39, 0.29) is 41.5 Å². The molecule has 9 nitrogen and oxygen atoms in total. The van der Waals surface area contributed by atoms with Gasteiger partial charge < -0.3 is 25.5 Å². The largest absolute Gasteiger partial charge is 0.481 e. The molecule has 3 N–H and O–H groups in total. The lowest BCUT2D eigenvalue weighted by Crippen LogP contribution is -2.58. The molecule has 42 heavy (non-hydrogen) atoms. The van der Waals surface area contributed by atoms with E-state index in [1.165, 1.54) is 35.6 Å². The van der Waals surface area contributed by atoms with Gasteiger partial charge in [0.25, 0.3) is 11.8 Å². The Morgan fingerprint density at radius 2 is 1.69 bits per heavy atom. The molecule has 1 saturated heterocycles.